The van der Waals surface area contributed by atoms with Gasteiger partial charge in [-0.2, -0.15) is 0 Å². The van der Waals surface area contributed by atoms with Crippen molar-refractivity contribution >= 4 is 11.9 Å². The summed E-state index contributed by atoms with van der Waals surface area (Å²) in [4.78, 5) is 26.6. The highest BCUT2D eigenvalue weighted by Crippen LogP contribution is 2.18. The molecule has 0 aromatic rings. The highest BCUT2D eigenvalue weighted by molar-refractivity contribution is 5.85. The molecular formula is C11H19N3O2. The number of piperazine rings is 1. The largest absolute Gasteiger partial charge is 0.342 e. The highest BCUT2D eigenvalue weighted by atomic mass is 16.2. The van der Waals surface area contributed by atoms with Gasteiger partial charge in [-0.3, -0.25) is 4.79 Å². The van der Waals surface area contributed by atoms with Gasteiger partial charge in [0.05, 0.1) is 0 Å². The second-order valence-electron chi connectivity index (χ2n) is 4.67. The number of nitrogens with zero attached hydrogens (tertiary/aromatic N) is 2. The van der Waals surface area contributed by atoms with Crippen LogP contribution in [-0.4, -0.2) is 54.5 Å². The van der Waals surface area contributed by atoms with Crippen molar-refractivity contribution in [3.05, 3.63) is 0 Å². The van der Waals surface area contributed by atoms with E-state index in [9.17, 15) is 9.59 Å². The Hall–Kier alpha value is -1.26. The smallest absolute Gasteiger partial charge is 0.318 e. The van der Waals surface area contributed by atoms with Crippen molar-refractivity contribution in [1.29, 1.82) is 0 Å². The summed E-state index contributed by atoms with van der Waals surface area (Å²) in [5, 5.41) is 3.00. The normalized spacial score (nSPS) is 22.7. The SMILES string of the molecule is CN1CCN(C(=O)NC2CCCC2)CC1=O. The maximum absolute atomic E-state index is 11.9. The first kappa shape index (κ1) is 11.2. The first-order chi connectivity index (χ1) is 7.66. The summed E-state index contributed by atoms with van der Waals surface area (Å²) in [5.41, 5.74) is 0. The number of nitrogens with one attached hydrogen (secondary N) is 1. The number of carbonyl (C=O) groups is 2. The lowest BCUT2D eigenvalue weighted by atomic mass is 10.2. The van der Waals surface area contributed by atoms with Crippen LogP contribution >= 0.6 is 0 Å². The average Bonchev–Trinajstić information content (AvgIpc) is 2.74. The van der Waals surface area contributed by atoms with Gasteiger partial charge in [-0.1, -0.05) is 12.8 Å². The van der Waals surface area contributed by atoms with Crippen molar-refractivity contribution in [2.45, 2.75) is 31.7 Å². The lowest BCUT2D eigenvalue weighted by Crippen LogP contribution is -2.54. The third-order valence-corrected chi connectivity index (χ3v) is 3.43. The summed E-state index contributed by atoms with van der Waals surface area (Å²) in [5.74, 6) is 0.0211. The van der Waals surface area contributed by atoms with Gasteiger partial charge in [-0.05, 0) is 12.8 Å². The Kier molecular flexibility index (Phi) is 3.31. The van der Waals surface area contributed by atoms with E-state index in [1.807, 2.05) is 0 Å². The zero-order valence-corrected chi connectivity index (χ0v) is 9.74. The number of hydrogen-bond donors (Lipinski definition) is 1. The molecular weight excluding hydrogens is 206 g/mol. The Morgan fingerprint density at radius 3 is 2.62 bits per heavy atom. The standard InChI is InChI=1S/C11H19N3O2/c1-13-6-7-14(8-10(13)15)11(16)12-9-4-2-3-5-9/h9H,2-8H2,1H3,(H,12,16). The van der Waals surface area contributed by atoms with Crippen LogP contribution in [0.2, 0.25) is 0 Å². The van der Waals surface area contributed by atoms with E-state index in [1.165, 1.54) is 12.8 Å². The molecule has 16 heavy (non-hydrogen) atoms. The summed E-state index contributed by atoms with van der Waals surface area (Å²) in [6.07, 6.45) is 4.56. The number of likely N-dealkylation sites (N-methyl/N-ethyl adjacent to an activating group) is 1. The predicted molar refractivity (Wildman–Crippen MR) is 60.0 cm³/mol. The van der Waals surface area contributed by atoms with Gasteiger partial charge < -0.3 is 15.1 Å². The van der Waals surface area contributed by atoms with Crippen LogP contribution in [0.25, 0.3) is 0 Å². The van der Waals surface area contributed by atoms with Crippen LogP contribution in [0.1, 0.15) is 25.7 Å². The molecule has 0 aromatic heterocycles. The van der Waals surface area contributed by atoms with Crippen molar-refractivity contribution in [2.75, 3.05) is 26.7 Å². The zero-order valence-electron chi connectivity index (χ0n) is 9.74. The van der Waals surface area contributed by atoms with E-state index in [-0.39, 0.29) is 18.5 Å². The van der Waals surface area contributed by atoms with E-state index in [0.29, 0.717) is 19.1 Å². The molecule has 2 aliphatic rings. The van der Waals surface area contributed by atoms with Gasteiger partial charge in [0.1, 0.15) is 6.54 Å². The molecule has 1 heterocycles. The van der Waals surface area contributed by atoms with Crippen molar-refractivity contribution in [3.63, 3.8) is 0 Å². The molecule has 1 aliphatic heterocycles. The predicted octanol–water partition coefficient (Wildman–Crippen LogP) is 0.413. The molecule has 0 aromatic carbocycles. The van der Waals surface area contributed by atoms with E-state index in [2.05, 4.69) is 5.32 Å². The molecule has 2 fully saturated rings. The Labute approximate surface area is 95.8 Å². The van der Waals surface area contributed by atoms with Crippen LogP contribution < -0.4 is 5.32 Å². The molecule has 0 radical (unpaired) electrons. The summed E-state index contributed by atoms with van der Waals surface area (Å²) in [7, 11) is 1.77. The van der Waals surface area contributed by atoms with Crippen molar-refractivity contribution < 1.29 is 9.59 Å². The minimum absolute atomic E-state index is 0.0211. The lowest BCUT2D eigenvalue weighted by Gasteiger charge is -2.32. The van der Waals surface area contributed by atoms with Crippen LogP contribution in [0.3, 0.4) is 0 Å². The lowest BCUT2D eigenvalue weighted by molar-refractivity contribution is -0.133. The summed E-state index contributed by atoms with van der Waals surface area (Å²) in [6.45, 7) is 1.49. The minimum Gasteiger partial charge on any atom is -0.342 e. The fourth-order valence-electron chi connectivity index (χ4n) is 2.27. The Bertz CT molecular complexity index is 287. The maximum Gasteiger partial charge on any atom is 0.318 e. The molecule has 1 aliphatic carbocycles. The third-order valence-electron chi connectivity index (χ3n) is 3.43. The second kappa shape index (κ2) is 4.72. The molecule has 0 unspecified atom stereocenters. The highest BCUT2D eigenvalue weighted by Gasteiger charge is 2.26. The molecule has 5 heteroatoms. The fourth-order valence-corrected chi connectivity index (χ4v) is 2.27. The number of carbonyl (C=O) groups excluding carboxylic acids is 2. The topological polar surface area (TPSA) is 52.6 Å². The Morgan fingerprint density at radius 1 is 1.31 bits per heavy atom. The van der Waals surface area contributed by atoms with Gasteiger partial charge in [-0.25, -0.2) is 4.79 Å². The molecule has 0 spiro atoms. The maximum atomic E-state index is 11.9. The fraction of sp³-hybridized carbons (Fsp3) is 0.818. The number of urea groups is 1. The number of rotatable bonds is 1. The van der Waals surface area contributed by atoms with Gasteiger partial charge in [0.25, 0.3) is 0 Å². The molecule has 2 rings (SSSR count). The van der Waals surface area contributed by atoms with Crippen LogP contribution in [0.5, 0.6) is 0 Å². The van der Waals surface area contributed by atoms with Crippen molar-refractivity contribution in [2.24, 2.45) is 0 Å². The Balaban J connectivity index is 1.82. The van der Waals surface area contributed by atoms with Crippen LogP contribution in [0.15, 0.2) is 0 Å². The van der Waals surface area contributed by atoms with Crippen molar-refractivity contribution in [3.8, 4) is 0 Å². The minimum atomic E-state index is -0.0756. The van der Waals surface area contributed by atoms with Crippen LogP contribution in [0, 0.1) is 0 Å². The number of hydrogen-bond acceptors (Lipinski definition) is 2. The molecule has 1 N–H and O–H groups in total. The number of amides is 3. The quantitative estimate of drug-likeness (QED) is 0.703. The second-order valence-corrected chi connectivity index (χ2v) is 4.67. The molecule has 0 bridgehead atoms. The molecule has 5 nitrogen and oxygen atoms in total. The first-order valence-corrected chi connectivity index (χ1v) is 5.96. The summed E-state index contributed by atoms with van der Waals surface area (Å²) in [6, 6.07) is 0.246. The van der Waals surface area contributed by atoms with E-state index in [4.69, 9.17) is 0 Å². The van der Waals surface area contributed by atoms with Gasteiger partial charge in [0, 0.05) is 26.2 Å². The van der Waals surface area contributed by atoms with Crippen LogP contribution in [-0.2, 0) is 4.79 Å². The van der Waals surface area contributed by atoms with Gasteiger partial charge in [-0.15, -0.1) is 0 Å². The molecule has 90 valence electrons. The van der Waals surface area contributed by atoms with Crippen LogP contribution in [0.4, 0.5) is 4.79 Å². The monoisotopic (exact) mass is 225 g/mol. The van der Waals surface area contributed by atoms with Crippen molar-refractivity contribution in [1.82, 2.24) is 15.1 Å². The molecule has 1 saturated heterocycles. The van der Waals surface area contributed by atoms with Gasteiger partial charge in [0.15, 0.2) is 0 Å². The summed E-state index contributed by atoms with van der Waals surface area (Å²) < 4.78 is 0. The molecule has 1 saturated carbocycles. The van der Waals surface area contributed by atoms with E-state index in [0.717, 1.165) is 12.8 Å². The third kappa shape index (κ3) is 2.46. The van der Waals surface area contributed by atoms with E-state index >= 15 is 0 Å². The Morgan fingerprint density at radius 2 is 2.00 bits per heavy atom. The molecule has 3 amide bonds. The zero-order chi connectivity index (χ0) is 11.5. The van der Waals surface area contributed by atoms with Gasteiger partial charge in [0.2, 0.25) is 5.91 Å². The first-order valence-electron chi connectivity index (χ1n) is 5.96. The summed E-state index contributed by atoms with van der Waals surface area (Å²) >= 11 is 0. The average molecular weight is 225 g/mol. The van der Waals surface area contributed by atoms with Gasteiger partial charge >= 0.3 is 6.03 Å². The molecule has 0 atom stereocenters. The van der Waals surface area contributed by atoms with E-state index in [1.54, 1.807) is 16.8 Å². The van der Waals surface area contributed by atoms with E-state index < -0.39 is 0 Å².